The summed E-state index contributed by atoms with van der Waals surface area (Å²) in [5.41, 5.74) is 42.0. The number of benzene rings is 16. The molecule has 16 rings (SSSR count). The molecule has 146 heavy (non-hydrogen) atoms. The third-order valence-corrected chi connectivity index (χ3v) is 31.0. The Morgan fingerprint density at radius 3 is 0.459 bits per heavy atom. The van der Waals surface area contributed by atoms with Gasteiger partial charge in [0.2, 0.25) is 0 Å². The second kappa shape index (κ2) is 57.8. The lowest BCUT2D eigenvalue weighted by Crippen LogP contribution is -2.00. The highest BCUT2D eigenvalue weighted by Crippen LogP contribution is 2.56. The molecule has 0 saturated heterocycles. The van der Waals surface area contributed by atoms with E-state index >= 15 is 0 Å². The SMILES string of the molecule is C#Cc1ccc(-c2cc(-c3ccccc3)c(-c3ccc(-c4cc(-c5ccccc5)c(-c5ccc(CCCCCCCCCCCC)cc5)c(-c5ccc(CCCCCCCCCCCC)cc5)c4-c4ccccc4)cc3)c(-c3ccc(-c4cc(-c5ccccc5)c(-c5ccc(CCCCCCCCCCCC)cc5)c(-c5ccc(CCCCCCCCCCCC)cc5)c4-c4ccccc4)cc3)c2-c2ccccc2)cc1. The molecule has 0 bridgehead atoms. The van der Waals surface area contributed by atoms with E-state index < -0.39 is 0 Å². The predicted molar refractivity (Wildman–Crippen MR) is 638 cm³/mol. The van der Waals surface area contributed by atoms with Crippen LogP contribution in [0.15, 0.2) is 370 Å². The Hall–Kier alpha value is -12.9. The molecule has 0 unspecified atom stereocenters. The third-order valence-electron chi connectivity index (χ3n) is 31.0. The largest absolute Gasteiger partial charge is 0.115 e. The summed E-state index contributed by atoms with van der Waals surface area (Å²) < 4.78 is 0. The third kappa shape index (κ3) is 29.3. The van der Waals surface area contributed by atoms with Crippen LogP contribution in [0.5, 0.6) is 0 Å². The van der Waals surface area contributed by atoms with Gasteiger partial charge in [-0.25, -0.2) is 0 Å². The molecule has 0 aromatic heterocycles. The summed E-state index contributed by atoms with van der Waals surface area (Å²) in [5.74, 6) is 2.96. The highest BCUT2D eigenvalue weighted by atomic mass is 14.3. The predicted octanol–water partition coefficient (Wildman–Crippen LogP) is 44.5. The maximum absolute atomic E-state index is 6.25. The average Bonchev–Trinajstić information content (AvgIpc) is 0.732. The van der Waals surface area contributed by atoms with Gasteiger partial charge in [0.25, 0.3) is 0 Å². The van der Waals surface area contributed by atoms with E-state index in [1.165, 1.54) is 379 Å². The normalized spacial score (nSPS) is 11.4. The maximum atomic E-state index is 6.25. The lowest BCUT2D eigenvalue weighted by molar-refractivity contribution is 0.556. The van der Waals surface area contributed by atoms with Crippen LogP contribution in [-0.4, -0.2) is 0 Å². The zero-order valence-electron chi connectivity index (χ0n) is 88.9. The molecule has 0 aliphatic heterocycles. The Labute approximate surface area is 881 Å². The first-order valence-electron chi connectivity index (χ1n) is 57.5. The summed E-state index contributed by atoms with van der Waals surface area (Å²) in [7, 11) is 0. The first-order valence-corrected chi connectivity index (χ1v) is 57.5. The van der Waals surface area contributed by atoms with Gasteiger partial charge in [-0.15, -0.1) is 6.42 Å². The Morgan fingerprint density at radius 2 is 0.274 bits per heavy atom. The second-order valence-electron chi connectivity index (χ2n) is 41.9. The van der Waals surface area contributed by atoms with Gasteiger partial charge in [-0.1, -0.05) is 604 Å². The molecule has 16 aromatic carbocycles. The molecular weight excluding hydrogens is 1750 g/mol. The van der Waals surface area contributed by atoms with Gasteiger partial charge in [-0.3, -0.25) is 0 Å². The molecule has 0 N–H and O–H groups in total. The van der Waals surface area contributed by atoms with Crippen molar-refractivity contribution in [3.05, 3.63) is 398 Å². The summed E-state index contributed by atoms with van der Waals surface area (Å²) in [5, 5.41) is 0. The van der Waals surface area contributed by atoms with E-state index in [0.29, 0.717) is 0 Å². The van der Waals surface area contributed by atoms with E-state index in [9.17, 15) is 0 Å². The Bertz CT molecular complexity index is 6580. The molecule has 0 heterocycles. The standard InChI is InChI=1S/C146H162/c1-6-11-15-19-23-27-31-35-39-49-65-113-83-93-126(94-84-113)141-132(117-69-53-43-54-70-117)110-136(139(124-77-61-47-62-78-124)144(141)129-97-87-115(88-98-129)67-51-41-37-33-29-25-21-17-13-8-3)121-101-105-128(106-102-121)143-134(119-73-57-45-58-74-119)109-135(120-91-81-112(10-5)82-92-120)138(123-75-59-46-60-76-123)146(143)131-107-103-122(104-108-131)137-111-133(118-71-55-44-56-72-118)142(127-95-85-114(86-96-127)66-50-40-36-32-28-24-20-16-12-7-2)145(140(137)125-79-63-48-64-80-125)130-99-89-116(90-100-130)68-52-42-38-34-30-26-22-18-14-9-4/h5,43-48,53-64,69-111H,6-9,11-42,49-52,65-68H2,1-4H3. The molecule has 0 amide bonds. The topological polar surface area (TPSA) is 0 Å². The van der Waals surface area contributed by atoms with Crippen LogP contribution in [-0.2, 0) is 25.7 Å². The Kier molecular flexibility index (Phi) is 41.9. The fourth-order valence-corrected chi connectivity index (χ4v) is 22.7. The minimum Gasteiger partial charge on any atom is -0.115 e. The van der Waals surface area contributed by atoms with Gasteiger partial charge < -0.3 is 0 Å². The van der Waals surface area contributed by atoms with Crippen molar-refractivity contribution in [2.75, 3.05) is 0 Å². The number of unbranched alkanes of at least 4 members (excludes halogenated alkanes) is 36. The van der Waals surface area contributed by atoms with Crippen LogP contribution in [0.3, 0.4) is 0 Å². The van der Waals surface area contributed by atoms with Crippen molar-refractivity contribution >= 4 is 0 Å². The number of aryl methyl sites for hydroxylation is 4. The first-order chi connectivity index (χ1) is 72.4. The minimum absolute atomic E-state index is 0.848. The van der Waals surface area contributed by atoms with Crippen molar-refractivity contribution in [2.24, 2.45) is 0 Å². The Morgan fingerprint density at radius 1 is 0.137 bits per heavy atom. The van der Waals surface area contributed by atoms with Crippen LogP contribution in [0.4, 0.5) is 0 Å². The van der Waals surface area contributed by atoms with Crippen molar-refractivity contribution in [3.8, 4) is 179 Å². The first kappa shape index (κ1) is 106. The molecule has 16 aromatic rings. The van der Waals surface area contributed by atoms with Crippen molar-refractivity contribution in [2.45, 2.75) is 310 Å². The van der Waals surface area contributed by atoms with E-state index in [2.05, 4.69) is 404 Å². The second-order valence-corrected chi connectivity index (χ2v) is 41.9. The van der Waals surface area contributed by atoms with Crippen molar-refractivity contribution in [3.63, 3.8) is 0 Å². The number of rotatable bonds is 59. The van der Waals surface area contributed by atoms with E-state index in [4.69, 9.17) is 6.42 Å². The highest BCUT2D eigenvalue weighted by molar-refractivity contribution is 6.12. The van der Waals surface area contributed by atoms with Gasteiger partial charge in [-0.2, -0.15) is 0 Å². The quantitative estimate of drug-likeness (QED) is 0.0263. The zero-order chi connectivity index (χ0) is 100. The highest BCUT2D eigenvalue weighted by Gasteiger charge is 2.30. The molecule has 0 atom stereocenters. The van der Waals surface area contributed by atoms with Crippen molar-refractivity contribution < 1.29 is 0 Å². The van der Waals surface area contributed by atoms with Crippen LogP contribution in [0.25, 0.3) is 167 Å². The van der Waals surface area contributed by atoms with Gasteiger partial charge in [0.1, 0.15) is 0 Å². The van der Waals surface area contributed by atoms with Gasteiger partial charge in [0, 0.05) is 5.56 Å². The summed E-state index contributed by atoms with van der Waals surface area (Å²) in [6, 6.07) is 143. The van der Waals surface area contributed by atoms with Crippen LogP contribution >= 0.6 is 0 Å². The van der Waals surface area contributed by atoms with E-state index in [0.717, 1.165) is 98.0 Å². The zero-order valence-corrected chi connectivity index (χ0v) is 88.9. The number of hydrogen-bond donors (Lipinski definition) is 0. The molecule has 0 nitrogen and oxygen atoms in total. The Balaban J connectivity index is 0.854. The molecule has 0 radical (unpaired) electrons. The molecule has 746 valence electrons. The van der Waals surface area contributed by atoms with E-state index in [1.54, 1.807) is 0 Å². The number of terminal acetylenes is 1. The summed E-state index contributed by atoms with van der Waals surface area (Å²) in [6.45, 7) is 9.26. The fraction of sp³-hybridized carbons (Fsp3) is 0.329. The van der Waals surface area contributed by atoms with E-state index in [1.807, 2.05) is 0 Å². The smallest absolute Gasteiger partial charge is 0.0243 e. The van der Waals surface area contributed by atoms with Gasteiger partial charge in [-0.05, 0) is 271 Å². The lowest BCUT2D eigenvalue weighted by atomic mass is 9.77. The van der Waals surface area contributed by atoms with Crippen molar-refractivity contribution in [1.82, 2.24) is 0 Å². The van der Waals surface area contributed by atoms with Gasteiger partial charge in [0.15, 0.2) is 0 Å². The summed E-state index contributed by atoms with van der Waals surface area (Å²) in [6.07, 6.45) is 63.8. The molecule has 0 spiro atoms. The lowest BCUT2D eigenvalue weighted by Gasteiger charge is -2.26. The van der Waals surface area contributed by atoms with Gasteiger partial charge in [0.05, 0.1) is 0 Å². The van der Waals surface area contributed by atoms with E-state index in [-0.39, 0.29) is 0 Å². The van der Waals surface area contributed by atoms with Crippen molar-refractivity contribution in [1.29, 1.82) is 0 Å². The molecule has 0 aliphatic carbocycles. The molecule has 0 heteroatoms. The molecular formula is C146H162. The minimum atomic E-state index is 0.848. The molecule has 0 aliphatic rings. The summed E-state index contributed by atoms with van der Waals surface area (Å²) >= 11 is 0. The van der Waals surface area contributed by atoms with Crippen LogP contribution < -0.4 is 0 Å². The fourth-order valence-electron chi connectivity index (χ4n) is 22.7. The van der Waals surface area contributed by atoms with Gasteiger partial charge >= 0.3 is 0 Å². The van der Waals surface area contributed by atoms with Crippen LogP contribution in [0.1, 0.15) is 312 Å². The van der Waals surface area contributed by atoms with Crippen LogP contribution in [0, 0.1) is 12.3 Å². The number of hydrogen-bond acceptors (Lipinski definition) is 0. The summed E-state index contributed by atoms with van der Waals surface area (Å²) in [4.78, 5) is 0. The average molecular weight is 1920 g/mol. The maximum Gasteiger partial charge on any atom is 0.0243 e. The molecule has 0 saturated carbocycles. The van der Waals surface area contributed by atoms with Crippen LogP contribution in [0.2, 0.25) is 0 Å². The molecule has 0 fully saturated rings. The monoisotopic (exact) mass is 1920 g/mol.